The predicted molar refractivity (Wildman–Crippen MR) is 95.1 cm³/mol. The zero-order chi connectivity index (χ0) is 17.6. The van der Waals surface area contributed by atoms with Crippen molar-refractivity contribution in [2.45, 2.75) is 19.1 Å². The molecule has 1 atom stereocenters. The first-order valence-corrected chi connectivity index (χ1v) is 8.23. The molecule has 0 aromatic heterocycles. The lowest BCUT2D eigenvalue weighted by atomic mass is 10.2. The highest BCUT2D eigenvalue weighted by Crippen LogP contribution is 2.25. The summed E-state index contributed by atoms with van der Waals surface area (Å²) in [6, 6.07) is 15.1. The average molecular weight is 342 g/mol. The summed E-state index contributed by atoms with van der Waals surface area (Å²) in [5.74, 6) is 1.54. The second-order valence-electron chi connectivity index (χ2n) is 5.83. The van der Waals surface area contributed by atoms with Crippen molar-refractivity contribution in [1.29, 1.82) is 0 Å². The topological polar surface area (TPSA) is 74.0 Å². The van der Waals surface area contributed by atoms with Gasteiger partial charge in [-0.15, -0.1) is 0 Å². The van der Waals surface area contributed by atoms with Gasteiger partial charge in [-0.1, -0.05) is 12.1 Å². The average Bonchev–Trinajstić information content (AvgIpc) is 3.01. The number of hydrogen-bond acceptors (Lipinski definition) is 5. The molecular formula is C19H22N2O4. The Kier molecular flexibility index (Phi) is 5.40. The van der Waals surface area contributed by atoms with Crippen LogP contribution in [-0.4, -0.2) is 32.4 Å². The van der Waals surface area contributed by atoms with Gasteiger partial charge in [0.25, 0.3) is 0 Å². The quantitative estimate of drug-likeness (QED) is 0.837. The summed E-state index contributed by atoms with van der Waals surface area (Å²) in [7, 11) is 1.64. The molecule has 0 aliphatic carbocycles. The fourth-order valence-electron chi connectivity index (χ4n) is 2.72. The number of amides is 1. The van der Waals surface area contributed by atoms with Gasteiger partial charge < -0.3 is 19.9 Å². The summed E-state index contributed by atoms with van der Waals surface area (Å²) < 4.78 is 16.3. The first-order chi connectivity index (χ1) is 12.2. The molecule has 1 amide bonds. The van der Waals surface area contributed by atoms with Crippen LogP contribution in [0.5, 0.6) is 11.5 Å². The molecule has 6 heteroatoms. The van der Waals surface area contributed by atoms with Gasteiger partial charge in [0.15, 0.2) is 0 Å². The zero-order valence-electron chi connectivity index (χ0n) is 14.2. The molecular weight excluding hydrogens is 320 g/mol. The van der Waals surface area contributed by atoms with E-state index in [4.69, 9.17) is 19.9 Å². The van der Waals surface area contributed by atoms with E-state index in [0.29, 0.717) is 26.1 Å². The standard InChI is InChI=1S/C19H22N2O4/c1-23-17-4-2-3-14(11-17)13-24-16-7-5-15(6-8-16)21-12-18(9-10-20)25-19(21)22/h2-8,11,18H,9-10,12-13,20H2,1H3. The number of cyclic esters (lactones) is 1. The van der Waals surface area contributed by atoms with Crippen LogP contribution in [0.1, 0.15) is 12.0 Å². The van der Waals surface area contributed by atoms with Crippen molar-refractivity contribution >= 4 is 11.8 Å². The molecule has 1 saturated heterocycles. The smallest absolute Gasteiger partial charge is 0.414 e. The summed E-state index contributed by atoms with van der Waals surface area (Å²) in [4.78, 5) is 13.6. The third kappa shape index (κ3) is 4.22. The number of methoxy groups -OCH3 is 1. The number of carbonyl (C=O) groups excluding carboxylic acids is 1. The van der Waals surface area contributed by atoms with E-state index in [9.17, 15) is 4.79 Å². The van der Waals surface area contributed by atoms with Crippen molar-refractivity contribution in [3.8, 4) is 11.5 Å². The molecule has 3 rings (SSSR count). The molecule has 0 saturated carbocycles. The molecule has 1 aliphatic rings. The van der Waals surface area contributed by atoms with E-state index in [1.807, 2.05) is 48.5 Å². The van der Waals surface area contributed by atoms with Crippen molar-refractivity contribution in [2.24, 2.45) is 5.73 Å². The largest absolute Gasteiger partial charge is 0.497 e. The van der Waals surface area contributed by atoms with Crippen LogP contribution >= 0.6 is 0 Å². The number of rotatable bonds is 7. The molecule has 1 aliphatic heterocycles. The van der Waals surface area contributed by atoms with Crippen molar-refractivity contribution in [2.75, 3.05) is 25.1 Å². The Morgan fingerprint density at radius 2 is 2.00 bits per heavy atom. The minimum Gasteiger partial charge on any atom is -0.497 e. The fraction of sp³-hybridized carbons (Fsp3) is 0.316. The van der Waals surface area contributed by atoms with Gasteiger partial charge in [-0.2, -0.15) is 0 Å². The van der Waals surface area contributed by atoms with Crippen molar-refractivity contribution in [3.05, 3.63) is 54.1 Å². The highest BCUT2D eigenvalue weighted by Gasteiger charge is 2.31. The van der Waals surface area contributed by atoms with Crippen LogP contribution in [0.3, 0.4) is 0 Å². The van der Waals surface area contributed by atoms with Gasteiger partial charge in [0.1, 0.15) is 24.2 Å². The van der Waals surface area contributed by atoms with Crippen molar-refractivity contribution in [3.63, 3.8) is 0 Å². The van der Waals surface area contributed by atoms with Crippen LogP contribution in [-0.2, 0) is 11.3 Å². The first-order valence-electron chi connectivity index (χ1n) is 8.23. The SMILES string of the molecule is COc1cccc(COc2ccc(N3CC(CCN)OC3=O)cc2)c1. The van der Waals surface area contributed by atoms with Crippen LogP contribution in [0.4, 0.5) is 10.5 Å². The number of ether oxygens (including phenoxy) is 3. The van der Waals surface area contributed by atoms with Gasteiger partial charge >= 0.3 is 6.09 Å². The number of hydrogen-bond donors (Lipinski definition) is 1. The Morgan fingerprint density at radius 1 is 1.20 bits per heavy atom. The molecule has 25 heavy (non-hydrogen) atoms. The predicted octanol–water partition coefficient (Wildman–Crippen LogP) is 2.95. The van der Waals surface area contributed by atoms with E-state index >= 15 is 0 Å². The Labute approximate surface area is 147 Å². The van der Waals surface area contributed by atoms with Gasteiger partial charge in [-0.25, -0.2) is 4.79 Å². The van der Waals surface area contributed by atoms with Gasteiger partial charge in [0.2, 0.25) is 0 Å². The fourth-order valence-corrected chi connectivity index (χ4v) is 2.72. The van der Waals surface area contributed by atoms with E-state index < -0.39 is 0 Å². The molecule has 1 heterocycles. The second kappa shape index (κ2) is 7.90. The summed E-state index contributed by atoms with van der Waals surface area (Å²) >= 11 is 0. The normalized spacial score (nSPS) is 16.6. The number of anilines is 1. The third-order valence-corrected chi connectivity index (χ3v) is 4.05. The van der Waals surface area contributed by atoms with E-state index in [1.165, 1.54) is 0 Å². The van der Waals surface area contributed by atoms with Crippen LogP contribution in [0.2, 0.25) is 0 Å². The minimum absolute atomic E-state index is 0.138. The van der Waals surface area contributed by atoms with Crippen LogP contribution in [0, 0.1) is 0 Å². The summed E-state index contributed by atoms with van der Waals surface area (Å²) in [5.41, 5.74) is 7.34. The van der Waals surface area contributed by atoms with E-state index in [-0.39, 0.29) is 12.2 Å². The highest BCUT2D eigenvalue weighted by molar-refractivity contribution is 5.89. The van der Waals surface area contributed by atoms with E-state index in [0.717, 1.165) is 22.7 Å². The van der Waals surface area contributed by atoms with Gasteiger partial charge in [-0.3, -0.25) is 4.90 Å². The molecule has 132 valence electrons. The maximum Gasteiger partial charge on any atom is 0.414 e. The molecule has 0 radical (unpaired) electrons. The van der Waals surface area contributed by atoms with Crippen molar-refractivity contribution in [1.82, 2.24) is 0 Å². The van der Waals surface area contributed by atoms with Crippen LogP contribution in [0.25, 0.3) is 0 Å². The number of carbonyl (C=O) groups is 1. The minimum atomic E-state index is -0.330. The lowest BCUT2D eigenvalue weighted by Gasteiger charge is -2.14. The molecule has 1 fully saturated rings. The molecule has 1 unspecified atom stereocenters. The number of benzene rings is 2. The number of nitrogens with two attached hydrogens (primary N) is 1. The second-order valence-corrected chi connectivity index (χ2v) is 5.83. The van der Waals surface area contributed by atoms with E-state index in [2.05, 4.69) is 0 Å². The summed E-state index contributed by atoms with van der Waals surface area (Å²) in [6.07, 6.45) is 0.203. The monoisotopic (exact) mass is 342 g/mol. The lowest BCUT2D eigenvalue weighted by molar-refractivity contribution is 0.138. The molecule has 2 aromatic carbocycles. The molecule has 2 N–H and O–H groups in total. The molecule has 0 spiro atoms. The lowest BCUT2D eigenvalue weighted by Crippen LogP contribution is -2.25. The Balaban J connectivity index is 1.59. The maximum absolute atomic E-state index is 11.9. The van der Waals surface area contributed by atoms with Crippen LogP contribution < -0.4 is 20.1 Å². The highest BCUT2D eigenvalue weighted by atomic mass is 16.6. The van der Waals surface area contributed by atoms with Gasteiger partial charge in [0, 0.05) is 5.69 Å². The van der Waals surface area contributed by atoms with Gasteiger partial charge in [0.05, 0.1) is 13.7 Å². The molecule has 2 aromatic rings. The number of nitrogens with zero attached hydrogens (tertiary/aromatic N) is 1. The third-order valence-electron chi connectivity index (χ3n) is 4.05. The van der Waals surface area contributed by atoms with Crippen LogP contribution in [0.15, 0.2) is 48.5 Å². The first kappa shape index (κ1) is 17.1. The zero-order valence-corrected chi connectivity index (χ0v) is 14.2. The summed E-state index contributed by atoms with van der Waals surface area (Å²) in [6.45, 7) is 1.48. The maximum atomic E-state index is 11.9. The Bertz CT molecular complexity index is 718. The molecule has 0 bridgehead atoms. The van der Waals surface area contributed by atoms with Gasteiger partial charge in [-0.05, 0) is 54.9 Å². The summed E-state index contributed by atoms with van der Waals surface area (Å²) in [5, 5.41) is 0. The Hall–Kier alpha value is -2.73. The van der Waals surface area contributed by atoms with Crippen molar-refractivity contribution < 1.29 is 19.0 Å². The molecule has 6 nitrogen and oxygen atoms in total. The Morgan fingerprint density at radius 3 is 2.72 bits per heavy atom. The van der Waals surface area contributed by atoms with E-state index in [1.54, 1.807) is 12.0 Å².